The Labute approximate surface area is 84.4 Å². The van der Waals surface area contributed by atoms with E-state index < -0.39 is 9.84 Å². The molecule has 1 rings (SSSR count). The van der Waals surface area contributed by atoms with E-state index in [4.69, 9.17) is 0 Å². The second-order valence-electron chi connectivity index (χ2n) is 3.77. The van der Waals surface area contributed by atoms with Gasteiger partial charge < -0.3 is 10.2 Å². The van der Waals surface area contributed by atoms with Crippen molar-refractivity contribution in [1.82, 2.24) is 10.2 Å². The van der Waals surface area contributed by atoms with Crippen LogP contribution >= 0.6 is 0 Å². The molecule has 0 spiro atoms. The Bertz CT molecular complexity index is 297. The molecule has 82 valence electrons. The lowest BCUT2D eigenvalue weighted by Crippen LogP contribution is -2.45. The molecule has 1 aliphatic rings. The average molecular weight is 220 g/mol. The third-order valence-electron chi connectivity index (χ3n) is 2.29. The summed E-state index contributed by atoms with van der Waals surface area (Å²) in [6.07, 6.45) is 1.06. The van der Waals surface area contributed by atoms with E-state index in [1.165, 1.54) is 4.90 Å². The molecule has 5 nitrogen and oxygen atoms in total. The van der Waals surface area contributed by atoms with Crippen LogP contribution in [0.5, 0.6) is 0 Å². The van der Waals surface area contributed by atoms with Crippen LogP contribution in [0.25, 0.3) is 0 Å². The quantitative estimate of drug-likeness (QED) is 0.667. The van der Waals surface area contributed by atoms with E-state index in [1.54, 1.807) is 14.1 Å². The van der Waals surface area contributed by atoms with Crippen LogP contribution < -0.4 is 5.32 Å². The monoisotopic (exact) mass is 220 g/mol. The highest BCUT2D eigenvalue weighted by molar-refractivity contribution is 7.91. The van der Waals surface area contributed by atoms with Gasteiger partial charge in [-0.25, -0.2) is 13.2 Å². The number of rotatable bonds is 1. The Hall–Kier alpha value is -0.780. The summed E-state index contributed by atoms with van der Waals surface area (Å²) in [5.41, 5.74) is 0. The highest BCUT2D eigenvalue weighted by Crippen LogP contribution is 2.12. The zero-order chi connectivity index (χ0) is 10.8. The molecule has 1 N–H and O–H groups in total. The van der Waals surface area contributed by atoms with Gasteiger partial charge in [-0.2, -0.15) is 0 Å². The summed E-state index contributed by atoms with van der Waals surface area (Å²) >= 11 is 0. The smallest absolute Gasteiger partial charge is 0.317 e. The fraction of sp³-hybridized carbons (Fsp3) is 0.875. The van der Waals surface area contributed by atoms with Crippen molar-refractivity contribution < 1.29 is 13.2 Å². The number of amides is 2. The van der Waals surface area contributed by atoms with Gasteiger partial charge in [-0.3, -0.25) is 0 Å². The average Bonchev–Trinajstić information content (AvgIpc) is 2.08. The first kappa shape index (κ1) is 11.3. The van der Waals surface area contributed by atoms with Gasteiger partial charge in [0.2, 0.25) is 0 Å². The van der Waals surface area contributed by atoms with Crippen molar-refractivity contribution in [2.24, 2.45) is 0 Å². The number of carbonyl (C=O) groups is 1. The molecule has 0 saturated carbocycles. The zero-order valence-electron chi connectivity index (χ0n) is 8.49. The third kappa shape index (κ3) is 3.17. The molecule has 1 saturated heterocycles. The summed E-state index contributed by atoms with van der Waals surface area (Å²) in [5, 5.41) is 2.78. The molecule has 0 radical (unpaired) electrons. The lowest BCUT2D eigenvalue weighted by molar-refractivity contribution is 0.212. The number of sulfone groups is 1. The summed E-state index contributed by atoms with van der Waals surface area (Å²) in [5.74, 6) is 0.372. The molecule has 0 aromatic heterocycles. The van der Waals surface area contributed by atoms with Gasteiger partial charge in [-0.15, -0.1) is 0 Å². The Balaban J connectivity index is 2.40. The van der Waals surface area contributed by atoms with Crippen molar-refractivity contribution in [3.63, 3.8) is 0 Å². The number of hydrogen-bond donors (Lipinski definition) is 1. The molecule has 1 aliphatic heterocycles. The van der Waals surface area contributed by atoms with Gasteiger partial charge in [-0.1, -0.05) is 0 Å². The van der Waals surface area contributed by atoms with Crippen LogP contribution in [0, 0.1) is 0 Å². The Kier molecular flexibility index (Phi) is 3.36. The number of urea groups is 1. The van der Waals surface area contributed by atoms with Gasteiger partial charge in [0, 0.05) is 20.1 Å². The molecule has 0 atom stereocenters. The van der Waals surface area contributed by atoms with Crippen molar-refractivity contribution >= 4 is 15.9 Å². The second-order valence-corrected chi connectivity index (χ2v) is 6.07. The minimum absolute atomic E-state index is 0.00780. The molecule has 1 fully saturated rings. The summed E-state index contributed by atoms with van der Waals surface area (Å²) in [6.45, 7) is 0. The van der Waals surface area contributed by atoms with Crippen LogP contribution in [0.4, 0.5) is 4.79 Å². The molecular weight excluding hydrogens is 204 g/mol. The Morgan fingerprint density at radius 1 is 1.29 bits per heavy atom. The minimum Gasteiger partial charge on any atom is -0.335 e. The van der Waals surface area contributed by atoms with Gasteiger partial charge in [-0.05, 0) is 12.8 Å². The standard InChI is InChI=1S/C8H16N2O3S/c1-10(2)8(11)9-7-3-5-14(12,13)6-4-7/h7H,3-6H2,1-2H3,(H,9,11). The second kappa shape index (κ2) is 4.16. The van der Waals surface area contributed by atoms with Crippen molar-refractivity contribution in [2.75, 3.05) is 25.6 Å². The Morgan fingerprint density at radius 3 is 2.21 bits per heavy atom. The lowest BCUT2D eigenvalue weighted by Gasteiger charge is -2.24. The van der Waals surface area contributed by atoms with Crippen molar-refractivity contribution in [2.45, 2.75) is 18.9 Å². The van der Waals surface area contributed by atoms with Gasteiger partial charge >= 0.3 is 6.03 Å². The topological polar surface area (TPSA) is 66.5 Å². The first-order chi connectivity index (χ1) is 6.41. The SMILES string of the molecule is CN(C)C(=O)NC1CCS(=O)(=O)CC1. The fourth-order valence-corrected chi connectivity index (χ4v) is 2.83. The van der Waals surface area contributed by atoms with E-state index in [-0.39, 0.29) is 23.6 Å². The van der Waals surface area contributed by atoms with Crippen LogP contribution in [0.1, 0.15) is 12.8 Å². The minimum atomic E-state index is -2.84. The summed E-state index contributed by atoms with van der Waals surface area (Å²) in [4.78, 5) is 12.7. The molecule has 6 heteroatoms. The molecular formula is C8H16N2O3S. The third-order valence-corrected chi connectivity index (χ3v) is 4.00. The van der Waals surface area contributed by atoms with E-state index in [1.807, 2.05) is 0 Å². The van der Waals surface area contributed by atoms with Gasteiger partial charge in [0.05, 0.1) is 11.5 Å². The van der Waals surface area contributed by atoms with E-state index in [0.717, 1.165) is 0 Å². The van der Waals surface area contributed by atoms with Gasteiger partial charge in [0.1, 0.15) is 9.84 Å². The summed E-state index contributed by atoms with van der Waals surface area (Å²) < 4.78 is 22.2. The molecule has 1 heterocycles. The first-order valence-corrected chi connectivity index (χ1v) is 6.41. The predicted molar refractivity (Wildman–Crippen MR) is 53.9 cm³/mol. The van der Waals surface area contributed by atoms with Crippen LogP contribution in [0.15, 0.2) is 0 Å². The Morgan fingerprint density at radius 2 is 1.79 bits per heavy atom. The van der Waals surface area contributed by atoms with E-state index in [2.05, 4.69) is 5.32 Å². The number of nitrogens with zero attached hydrogens (tertiary/aromatic N) is 1. The van der Waals surface area contributed by atoms with E-state index >= 15 is 0 Å². The highest BCUT2D eigenvalue weighted by atomic mass is 32.2. The summed E-state index contributed by atoms with van der Waals surface area (Å²) in [6, 6.07) is -0.150. The largest absolute Gasteiger partial charge is 0.335 e. The maximum Gasteiger partial charge on any atom is 0.317 e. The molecule has 14 heavy (non-hydrogen) atoms. The van der Waals surface area contributed by atoms with Crippen molar-refractivity contribution in [1.29, 1.82) is 0 Å². The van der Waals surface area contributed by atoms with Crippen molar-refractivity contribution in [3.8, 4) is 0 Å². The van der Waals surface area contributed by atoms with Crippen molar-refractivity contribution in [3.05, 3.63) is 0 Å². The summed E-state index contributed by atoms with van der Waals surface area (Å²) in [7, 11) is 0.487. The molecule has 0 bridgehead atoms. The van der Waals surface area contributed by atoms with Crippen LogP contribution in [0.3, 0.4) is 0 Å². The fourth-order valence-electron chi connectivity index (χ4n) is 1.34. The maximum absolute atomic E-state index is 11.2. The number of carbonyl (C=O) groups excluding carboxylic acids is 1. The predicted octanol–water partition coefficient (Wildman–Crippen LogP) is -0.165. The van der Waals surface area contributed by atoms with E-state index in [0.29, 0.717) is 12.8 Å². The normalized spacial score (nSPS) is 21.6. The van der Waals surface area contributed by atoms with Crippen LogP contribution in [0.2, 0.25) is 0 Å². The molecule has 0 aliphatic carbocycles. The molecule has 0 aromatic rings. The lowest BCUT2D eigenvalue weighted by atomic mass is 10.2. The molecule has 0 aromatic carbocycles. The van der Waals surface area contributed by atoms with Crippen LogP contribution in [-0.4, -0.2) is 51.0 Å². The maximum atomic E-state index is 11.2. The van der Waals surface area contributed by atoms with E-state index in [9.17, 15) is 13.2 Å². The molecule has 0 unspecified atom stereocenters. The van der Waals surface area contributed by atoms with Gasteiger partial charge in [0.15, 0.2) is 0 Å². The highest BCUT2D eigenvalue weighted by Gasteiger charge is 2.24. The zero-order valence-corrected chi connectivity index (χ0v) is 9.30. The van der Waals surface area contributed by atoms with Crippen LogP contribution in [-0.2, 0) is 9.84 Å². The molecule has 2 amide bonds. The first-order valence-electron chi connectivity index (χ1n) is 4.59. The van der Waals surface area contributed by atoms with Gasteiger partial charge in [0.25, 0.3) is 0 Å². The number of hydrogen-bond acceptors (Lipinski definition) is 3. The number of nitrogens with one attached hydrogen (secondary N) is 1.